The molecule has 1 aliphatic rings. The number of carboxylic acid groups (broad SMARTS) is 1. The predicted molar refractivity (Wildman–Crippen MR) is 35.8 cm³/mol. The summed E-state index contributed by atoms with van der Waals surface area (Å²) in [6.45, 7) is 4.10. The van der Waals surface area contributed by atoms with Gasteiger partial charge in [0.05, 0.1) is 11.5 Å². The zero-order valence-corrected chi connectivity index (χ0v) is 6.26. The Labute approximate surface area is 60.0 Å². The molecule has 0 saturated carbocycles. The molecular weight excluding hydrogens is 132 g/mol. The van der Waals surface area contributed by atoms with E-state index >= 15 is 0 Å². The third-order valence-corrected chi connectivity index (χ3v) is 2.06. The van der Waals surface area contributed by atoms with Gasteiger partial charge in [-0.15, -0.1) is 0 Å². The van der Waals surface area contributed by atoms with Crippen molar-refractivity contribution in [2.45, 2.75) is 26.4 Å². The van der Waals surface area contributed by atoms with Gasteiger partial charge < -0.3 is 9.84 Å². The van der Waals surface area contributed by atoms with Crippen LogP contribution in [0.1, 0.15) is 20.3 Å². The van der Waals surface area contributed by atoms with E-state index in [9.17, 15) is 4.79 Å². The molecule has 0 spiro atoms. The van der Waals surface area contributed by atoms with Gasteiger partial charge in [0.25, 0.3) is 0 Å². The molecule has 0 aromatic heterocycles. The van der Waals surface area contributed by atoms with Gasteiger partial charge in [0.2, 0.25) is 0 Å². The van der Waals surface area contributed by atoms with E-state index in [1.54, 1.807) is 13.8 Å². The smallest absolute Gasteiger partial charge is 0.311 e. The standard InChI is InChI=1S/C7H12O3/c1-7(2,6(8)9)5-3-4-10-5/h5H,3-4H2,1-2H3,(H,8,9). The molecule has 1 unspecified atom stereocenters. The second kappa shape index (κ2) is 2.23. The fourth-order valence-corrected chi connectivity index (χ4v) is 0.943. The second-order valence-corrected chi connectivity index (χ2v) is 3.17. The van der Waals surface area contributed by atoms with Crippen LogP contribution in [0.3, 0.4) is 0 Å². The molecule has 1 atom stereocenters. The monoisotopic (exact) mass is 144 g/mol. The third kappa shape index (κ3) is 1.01. The maximum Gasteiger partial charge on any atom is 0.311 e. The number of ether oxygens (including phenoxy) is 1. The lowest BCUT2D eigenvalue weighted by molar-refractivity contribution is -0.170. The molecule has 1 saturated heterocycles. The molecule has 1 rings (SSSR count). The summed E-state index contributed by atoms with van der Waals surface area (Å²) in [5, 5.41) is 8.70. The van der Waals surface area contributed by atoms with Crippen molar-refractivity contribution in [3.05, 3.63) is 0 Å². The quantitative estimate of drug-likeness (QED) is 0.626. The van der Waals surface area contributed by atoms with Gasteiger partial charge in [-0.3, -0.25) is 4.79 Å². The van der Waals surface area contributed by atoms with Crippen molar-refractivity contribution in [1.82, 2.24) is 0 Å². The topological polar surface area (TPSA) is 46.5 Å². The van der Waals surface area contributed by atoms with Crippen molar-refractivity contribution < 1.29 is 14.6 Å². The molecule has 0 radical (unpaired) electrons. The number of hydrogen-bond acceptors (Lipinski definition) is 2. The van der Waals surface area contributed by atoms with E-state index in [0.717, 1.165) is 6.42 Å². The maximum atomic E-state index is 10.6. The van der Waals surface area contributed by atoms with Gasteiger partial charge in [-0.25, -0.2) is 0 Å². The Balaban J connectivity index is 2.57. The van der Waals surface area contributed by atoms with Crippen LogP contribution in [0.25, 0.3) is 0 Å². The average Bonchev–Trinajstić information content (AvgIpc) is 1.57. The van der Waals surface area contributed by atoms with Crippen molar-refractivity contribution >= 4 is 5.97 Å². The van der Waals surface area contributed by atoms with E-state index in [-0.39, 0.29) is 6.10 Å². The molecule has 0 aromatic carbocycles. The first kappa shape index (κ1) is 7.54. The fraction of sp³-hybridized carbons (Fsp3) is 0.857. The van der Waals surface area contributed by atoms with Crippen LogP contribution in [0.4, 0.5) is 0 Å². The molecule has 0 amide bonds. The van der Waals surface area contributed by atoms with E-state index in [0.29, 0.717) is 6.61 Å². The molecule has 1 aliphatic heterocycles. The van der Waals surface area contributed by atoms with E-state index in [1.165, 1.54) is 0 Å². The summed E-state index contributed by atoms with van der Waals surface area (Å²) in [5.74, 6) is -0.780. The predicted octanol–water partition coefficient (Wildman–Crippen LogP) is 0.886. The van der Waals surface area contributed by atoms with Crippen molar-refractivity contribution in [3.8, 4) is 0 Å². The van der Waals surface area contributed by atoms with Crippen molar-refractivity contribution in [1.29, 1.82) is 0 Å². The summed E-state index contributed by atoms with van der Waals surface area (Å²) >= 11 is 0. The first-order chi connectivity index (χ1) is 4.55. The minimum atomic E-state index is -0.780. The molecule has 0 bridgehead atoms. The first-order valence-corrected chi connectivity index (χ1v) is 3.40. The SMILES string of the molecule is CC(C)(C(=O)O)C1CCO1. The van der Waals surface area contributed by atoms with Gasteiger partial charge in [0.15, 0.2) is 0 Å². The second-order valence-electron chi connectivity index (χ2n) is 3.17. The minimum Gasteiger partial charge on any atom is -0.481 e. The lowest BCUT2D eigenvalue weighted by Crippen LogP contribution is -2.45. The van der Waals surface area contributed by atoms with Crippen LogP contribution in [0.15, 0.2) is 0 Å². The van der Waals surface area contributed by atoms with E-state index < -0.39 is 11.4 Å². The normalized spacial score (nSPS) is 25.6. The highest BCUT2D eigenvalue weighted by Crippen LogP contribution is 2.31. The van der Waals surface area contributed by atoms with E-state index in [4.69, 9.17) is 9.84 Å². The van der Waals surface area contributed by atoms with Gasteiger partial charge in [-0.2, -0.15) is 0 Å². The van der Waals surface area contributed by atoms with E-state index in [1.807, 2.05) is 0 Å². The molecule has 3 heteroatoms. The zero-order chi connectivity index (χ0) is 7.78. The number of hydrogen-bond donors (Lipinski definition) is 1. The van der Waals surface area contributed by atoms with Crippen LogP contribution in [-0.2, 0) is 9.53 Å². The Hall–Kier alpha value is -0.570. The average molecular weight is 144 g/mol. The van der Waals surface area contributed by atoms with Gasteiger partial charge in [-0.1, -0.05) is 0 Å². The highest BCUT2D eigenvalue weighted by molar-refractivity contribution is 5.74. The Morgan fingerprint density at radius 3 is 2.30 bits per heavy atom. The molecule has 1 N–H and O–H groups in total. The Morgan fingerprint density at radius 2 is 2.20 bits per heavy atom. The summed E-state index contributed by atoms with van der Waals surface area (Å²) in [6.07, 6.45) is 0.796. The van der Waals surface area contributed by atoms with Gasteiger partial charge in [0.1, 0.15) is 0 Å². The Bertz CT molecular complexity index is 147. The molecule has 3 nitrogen and oxygen atoms in total. The lowest BCUT2D eigenvalue weighted by Gasteiger charge is -2.36. The Kier molecular flexibility index (Phi) is 1.68. The zero-order valence-electron chi connectivity index (χ0n) is 6.26. The number of rotatable bonds is 2. The summed E-state index contributed by atoms with van der Waals surface area (Å²) in [4.78, 5) is 10.6. The largest absolute Gasteiger partial charge is 0.481 e. The van der Waals surface area contributed by atoms with Crippen molar-refractivity contribution in [3.63, 3.8) is 0 Å². The third-order valence-electron chi connectivity index (χ3n) is 2.06. The minimum absolute atomic E-state index is 0.0787. The molecule has 1 fully saturated rings. The highest BCUT2D eigenvalue weighted by atomic mass is 16.5. The number of aliphatic carboxylic acids is 1. The number of carbonyl (C=O) groups is 1. The summed E-state index contributed by atoms with van der Waals surface area (Å²) in [6, 6.07) is 0. The van der Waals surface area contributed by atoms with Crippen LogP contribution < -0.4 is 0 Å². The first-order valence-electron chi connectivity index (χ1n) is 3.40. The van der Waals surface area contributed by atoms with Crippen LogP contribution in [-0.4, -0.2) is 23.8 Å². The van der Waals surface area contributed by atoms with Gasteiger partial charge >= 0.3 is 5.97 Å². The molecule has 58 valence electrons. The van der Waals surface area contributed by atoms with Crippen LogP contribution >= 0.6 is 0 Å². The van der Waals surface area contributed by atoms with Gasteiger partial charge in [0, 0.05) is 6.61 Å². The highest BCUT2D eigenvalue weighted by Gasteiger charge is 2.41. The maximum absolute atomic E-state index is 10.6. The summed E-state index contributed by atoms with van der Waals surface area (Å²) in [5.41, 5.74) is -0.710. The van der Waals surface area contributed by atoms with Gasteiger partial charge in [-0.05, 0) is 20.3 Å². The van der Waals surface area contributed by atoms with E-state index in [2.05, 4.69) is 0 Å². The lowest BCUT2D eigenvalue weighted by atomic mass is 9.83. The van der Waals surface area contributed by atoms with Crippen LogP contribution in [0.5, 0.6) is 0 Å². The molecule has 0 aromatic rings. The van der Waals surface area contributed by atoms with Crippen LogP contribution in [0, 0.1) is 5.41 Å². The molecule has 1 heterocycles. The summed E-state index contributed by atoms with van der Waals surface area (Å²) in [7, 11) is 0. The molecular formula is C7H12O3. The number of carboxylic acids is 1. The molecule has 10 heavy (non-hydrogen) atoms. The fourth-order valence-electron chi connectivity index (χ4n) is 0.943. The Morgan fingerprint density at radius 1 is 1.70 bits per heavy atom. The summed E-state index contributed by atoms with van der Waals surface area (Å²) < 4.78 is 5.08. The van der Waals surface area contributed by atoms with Crippen molar-refractivity contribution in [2.75, 3.05) is 6.61 Å². The van der Waals surface area contributed by atoms with Crippen LogP contribution in [0.2, 0.25) is 0 Å². The molecule has 0 aliphatic carbocycles. The van der Waals surface area contributed by atoms with Crippen molar-refractivity contribution in [2.24, 2.45) is 5.41 Å².